The van der Waals surface area contributed by atoms with Crippen LogP contribution >= 0.6 is 0 Å². The van der Waals surface area contributed by atoms with Crippen LogP contribution in [0.4, 0.5) is 0 Å². The SMILES string of the molecule is CC1COCCC1NC(=O)C1CCC(N)CC1. The van der Waals surface area contributed by atoms with Crippen molar-refractivity contribution in [2.24, 2.45) is 17.6 Å². The Balaban J connectivity index is 1.79. The summed E-state index contributed by atoms with van der Waals surface area (Å²) in [5.41, 5.74) is 5.86. The molecule has 0 aromatic heterocycles. The fourth-order valence-electron chi connectivity index (χ4n) is 2.78. The average Bonchev–Trinajstić information content (AvgIpc) is 2.33. The number of hydrogen-bond donors (Lipinski definition) is 2. The number of carbonyl (C=O) groups excluding carboxylic acids is 1. The summed E-state index contributed by atoms with van der Waals surface area (Å²) in [6.45, 7) is 3.67. The minimum absolute atomic E-state index is 0.185. The number of nitrogens with one attached hydrogen (secondary N) is 1. The van der Waals surface area contributed by atoms with Gasteiger partial charge in [0.2, 0.25) is 5.91 Å². The van der Waals surface area contributed by atoms with Crippen molar-refractivity contribution in [3.63, 3.8) is 0 Å². The summed E-state index contributed by atoms with van der Waals surface area (Å²) >= 11 is 0. The van der Waals surface area contributed by atoms with E-state index in [9.17, 15) is 4.79 Å². The van der Waals surface area contributed by atoms with Gasteiger partial charge < -0.3 is 15.8 Å². The van der Waals surface area contributed by atoms with E-state index in [-0.39, 0.29) is 11.8 Å². The van der Waals surface area contributed by atoms with E-state index in [1.807, 2.05) is 0 Å². The average molecular weight is 240 g/mol. The molecule has 1 aliphatic heterocycles. The van der Waals surface area contributed by atoms with Crippen molar-refractivity contribution < 1.29 is 9.53 Å². The lowest BCUT2D eigenvalue weighted by molar-refractivity contribution is -0.128. The molecule has 98 valence electrons. The van der Waals surface area contributed by atoms with Gasteiger partial charge >= 0.3 is 0 Å². The molecule has 1 heterocycles. The first kappa shape index (κ1) is 12.8. The quantitative estimate of drug-likeness (QED) is 0.758. The number of amides is 1. The van der Waals surface area contributed by atoms with Crippen LogP contribution in [0.1, 0.15) is 39.0 Å². The normalized spacial score (nSPS) is 38.7. The Morgan fingerprint density at radius 3 is 2.59 bits per heavy atom. The predicted octanol–water partition coefficient (Wildman–Crippen LogP) is 1.05. The van der Waals surface area contributed by atoms with Crippen molar-refractivity contribution in [2.45, 2.75) is 51.1 Å². The number of hydrogen-bond acceptors (Lipinski definition) is 3. The first-order valence-corrected chi connectivity index (χ1v) is 6.80. The maximum Gasteiger partial charge on any atom is 0.223 e. The van der Waals surface area contributed by atoms with Gasteiger partial charge in [0.1, 0.15) is 0 Å². The molecule has 0 aromatic carbocycles. The third-order valence-corrected chi connectivity index (χ3v) is 4.11. The van der Waals surface area contributed by atoms with E-state index in [0.29, 0.717) is 18.0 Å². The second-order valence-electron chi connectivity index (χ2n) is 5.57. The van der Waals surface area contributed by atoms with E-state index in [0.717, 1.165) is 45.3 Å². The van der Waals surface area contributed by atoms with Crippen LogP contribution in [0, 0.1) is 11.8 Å². The summed E-state index contributed by atoms with van der Waals surface area (Å²) in [6.07, 6.45) is 4.82. The van der Waals surface area contributed by atoms with Gasteiger partial charge in [0.15, 0.2) is 0 Å². The number of nitrogens with two attached hydrogens (primary N) is 1. The summed E-state index contributed by atoms with van der Waals surface area (Å²) in [4.78, 5) is 12.1. The fraction of sp³-hybridized carbons (Fsp3) is 0.923. The second-order valence-corrected chi connectivity index (χ2v) is 5.57. The molecule has 4 heteroatoms. The van der Waals surface area contributed by atoms with Crippen LogP contribution < -0.4 is 11.1 Å². The molecule has 0 bridgehead atoms. The third-order valence-electron chi connectivity index (χ3n) is 4.11. The van der Waals surface area contributed by atoms with Crippen LogP contribution in [0.2, 0.25) is 0 Å². The van der Waals surface area contributed by atoms with Gasteiger partial charge in [0.05, 0.1) is 6.61 Å². The van der Waals surface area contributed by atoms with Crippen molar-refractivity contribution in [3.8, 4) is 0 Å². The Morgan fingerprint density at radius 2 is 1.94 bits per heavy atom. The van der Waals surface area contributed by atoms with Gasteiger partial charge in [-0.1, -0.05) is 6.92 Å². The molecule has 1 amide bonds. The summed E-state index contributed by atoms with van der Waals surface area (Å²) < 4.78 is 5.39. The molecule has 1 aliphatic carbocycles. The Hall–Kier alpha value is -0.610. The van der Waals surface area contributed by atoms with E-state index in [1.54, 1.807) is 0 Å². The van der Waals surface area contributed by atoms with Gasteiger partial charge in [0, 0.05) is 24.6 Å². The number of carbonyl (C=O) groups is 1. The molecule has 2 atom stereocenters. The molecule has 2 unspecified atom stereocenters. The topological polar surface area (TPSA) is 64.3 Å². The van der Waals surface area contributed by atoms with Crippen LogP contribution in [-0.4, -0.2) is 31.2 Å². The number of rotatable bonds is 2. The van der Waals surface area contributed by atoms with Crippen molar-refractivity contribution >= 4 is 5.91 Å². The Kier molecular flexibility index (Phi) is 4.40. The van der Waals surface area contributed by atoms with E-state index in [4.69, 9.17) is 10.5 Å². The zero-order valence-corrected chi connectivity index (χ0v) is 10.7. The molecule has 2 aliphatic rings. The molecule has 0 aromatic rings. The van der Waals surface area contributed by atoms with Crippen molar-refractivity contribution in [2.75, 3.05) is 13.2 Å². The van der Waals surface area contributed by atoms with Gasteiger partial charge in [-0.25, -0.2) is 0 Å². The zero-order chi connectivity index (χ0) is 12.3. The first-order valence-electron chi connectivity index (χ1n) is 6.80. The maximum absolute atomic E-state index is 12.1. The fourth-order valence-corrected chi connectivity index (χ4v) is 2.78. The molecular weight excluding hydrogens is 216 g/mol. The number of ether oxygens (including phenoxy) is 1. The predicted molar refractivity (Wildman–Crippen MR) is 66.5 cm³/mol. The van der Waals surface area contributed by atoms with Gasteiger partial charge in [-0.3, -0.25) is 4.79 Å². The third kappa shape index (κ3) is 3.42. The molecule has 2 fully saturated rings. The van der Waals surface area contributed by atoms with Gasteiger partial charge in [-0.05, 0) is 38.0 Å². The van der Waals surface area contributed by atoms with E-state index < -0.39 is 0 Å². The molecule has 3 N–H and O–H groups in total. The van der Waals surface area contributed by atoms with E-state index in [2.05, 4.69) is 12.2 Å². The Morgan fingerprint density at radius 1 is 1.24 bits per heavy atom. The summed E-state index contributed by atoms with van der Waals surface area (Å²) in [5.74, 6) is 0.846. The maximum atomic E-state index is 12.1. The zero-order valence-electron chi connectivity index (χ0n) is 10.7. The summed E-state index contributed by atoms with van der Waals surface area (Å²) in [5, 5.41) is 3.19. The molecule has 1 saturated heterocycles. The lowest BCUT2D eigenvalue weighted by Crippen LogP contribution is -2.47. The van der Waals surface area contributed by atoms with Crippen LogP contribution in [-0.2, 0) is 9.53 Å². The molecule has 0 radical (unpaired) electrons. The highest BCUT2D eigenvalue weighted by Crippen LogP contribution is 2.24. The molecule has 4 nitrogen and oxygen atoms in total. The lowest BCUT2D eigenvalue weighted by Gasteiger charge is -2.32. The smallest absolute Gasteiger partial charge is 0.223 e. The van der Waals surface area contributed by atoms with Crippen LogP contribution in [0.25, 0.3) is 0 Å². The summed E-state index contributed by atoms with van der Waals surface area (Å²) in [6, 6.07) is 0.605. The van der Waals surface area contributed by atoms with Gasteiger partial charge in [-0.2, -0.15) is 0 Å². The highest BCUT2D eigenvalue weighted by molar-refractivity contribution is 5.79. The highest BCUT2D eigenvalue weighted by atomic mass is 16.5. The molecule has 1 saturated carbocycles. The van der Waals surface area contributed by atoms with Crippen LogP contribution in [0.5, 0.6) is 0 Å². The largest absolute Gasteiger partial charge is 0.381 e. The Bertz CT molecular complexity index is 262. The molecule has 17 heavy (non-hydrogen) atoms. The second kappa shape index (κ2) is 5.83. The Labute approximate surface area is 103 Å². The minimum Gasteiger partial charge on any atom is -0.381 e. The van der Waals surface area contributed by atoms with Crippen molar-refractivity contribution in [1.82, 2.24) is 5.32 Å². The van der Waals surface area contributed by atoms with Gasteiger partial charge in [0.25, 0.3) is 0 Å². The minimum atomic E-state index is 0.185. The van der Waals surface area contributed by atoms with Gasteiger partial charge in [-0.15, -0.1) is 0 Å². The highest BCUT2D eigenvalue weighted by Gasteiger charge is 2.29. The molecular formula is C13H24N2O2. The van der Waals surface area contributed by atoms with E-state index >= 15 is 0 Å². The van der Waals surface area contributed by atoms with E-state index in [1.165, 1.54) is 0 Å². The lowest BCUT2D eigenvalue weighted by atomic mass is 9.85. The summed E-state index contributed by atoms with van der Waals surface area (Å²) in [7, 11) is 0. The van der Waals surface area contributed by atoms with Crippen molar-refractivity contribution in [3.05, 3.63) is 0 Å². The van der Waals surface area contributed by atoms with Crippen LogP contribution in [0.3, 0.4) is 0 Å². The van der Waals surface area contributed by atoms with Crippen molar-refractivity contribution in [1.29, 1.82) is 0 Å². The first-order chi connectivity index (χ1) is 8.16. The molecule has 0 spiro atoms. The standard InChI is InChI=1S/C13H24N2O2/c1-9-8-17-7-6-12(9)15-13(16)10-2-4-11(14)5-3-10/h9-12H,2-8,14H2,1H3,(H,15,16). The molecule has 2 rings (SSSR count). The monoisotopic (exact) mass is 240 g/mol. The van der Waals surface area contributed by atoms with Crippen LogP contribution in [0.15, 0.2) is 0 Å².